The van der Waals surface area contributed by atoms with Crippen molar-refractivity contribution < 1.29 is 45.6 Å². The standard InChI is InChI=1S/C41H49F3N6O7S/c1-5-24-22-40(24,37(54)47-58(56,57)27-14-15-27)46-35(52)33-20-26(45-38(55)50-31-12-8-6-10-28(31)29-11-7-9-13-32(29)50)23-49(33)36(53)30(39(2,3)4)21-34(51)48-18-16-25(17-19-48)41(42,43)44/h5-13,24-27,30,33H,1,14-23H2,2-4H3,(H,45,55)(H,46,52)(H,47,54)/t24?,26-,30-,33+,40?/m1/s1. The maximum Gasteiger partial charge on any atom is 0.391 e. The van der Waals surface area contributed by atoms with E-state index in [0.29, 0.717) is 23.9 Å². The predicted molar refractivity (Wildman–Crippen MR) is 209 cm³/mol. The van der Waals surface area contributed by atoms with Gasteiger partial charge in [0.25, 0.3) is 5.91 Å². The van der Waals surface area contributed by atoms with Crippen LogP contribution in [0.15, 0.2) is 61.2 Å². The summed E-state index contributed by atoms with van der Waals surface area (Å²) in [5.41, 5.74) is -1.21. The van der Waals surface area contributed by atoms with E-state index in [-0.39, 0.29) is 51.7 Å². The quantitative estimate of drug-likeness (QED) is 0.246. The van der Waals surface area contributed by atoms with Crippen molar-refractivity contribution in [1.29, 1.82) is 0 Å². The van der Waals surface area contributed by atoms with Crippen molar-refractivity contribution in [1.82, 2.24) is 29.7 Å². The Bertz CT molecular complexity index is 2220. The van der Waals surface area contributed by atoms with Crippen LogP contribution in [0.1, 0.15) is 65.7 Å². The van der Waals surface area contributed by atoms with E-state index in [0.717, 1.165) is 10.8 Å². The lowest BCUT2D eigenvalue weighted by Crippen LogP contribution is -2.57. The Morgan fingerprint density at radius 1 is 0.931 bits per heavy atom. The van der Waals surface area contributed by atoms with Crippen molar-refractivity contribution in [3.05, 3.63) is 61.2 Å². The highest BCUT2D eigenvalue weighted by molar-refractivity contribution is 7.91. The molecule has 2 saturated carbocycles. The molecule has 0 bridgehead atoms. The van der Waals surface area contributed by atoms with Crippen LogP contribution >= 0.6 is 0 Å². The molecule has 4 aliphatic rings. The molecule has 3 aromatic rings. The van der Waals surface area contributed by atoms with E-state index >= 15 is 0 Å². The summed E-state index contributed by atoms with van der Waals surface area (Å²) in [6.07, 6.45) is -2.90. The Kier molecular flexibility index (Phi) is 10.7. The number of fused-ring (bicyclic) bond motifs is 3. The molecule has 5 atom stereocenters. The SMILES string of the molecule is C=CC1CC1(NC(=O)[C@@H]1C[C@@H](NC(=O)n2c3ccccc3c3ccccc32)CN1C(=O)[C@@H](CC(=O)N1CCC(C(F)(F)F)CC1)C(C)(C)C)C(=O)NS(=O)(=O)C1CC1. The Balaban J connectivity index is 1.16. The Labute approximate surface area is 334 Å². The maximum atomic E-state index is 14.8. The number of alkyl halides is 3. The number of rotatable bonds is 10. The molecule has 7 rings (SSSR count). The monoisotopic (exact) mass is 826 g/mol. The average Bonchev–Trinajstić information content (AvgIpc) is 4.08. The van der Waals surface area contributed by atoms with Gasteiger partial charge in [-0.3, -0.25) is 28.5 Å². The number of aromatic nitrogens is 1. The van der Waals surface area contributed by atoms with Gasteiger partial charge in [0.05, 0.1) is 34.2 Å². The lowest BCUT2D eigenvalue weighted by Gasteiger charge is -2.37. The summed E-state index contributed by atoms with van der Waals surface area (Å²) in [4.78, 5) is 73.1. The number of para-hydroxylation sites is 2. The summed E-state index contributed by atoms with van der Waals surface area (Å²) < 4.78 is 69.3. The largest absolute Gasteiger partial charge is 0.391 e. The maximum absolute atomic E-state index is 14.8. The number of benzene rings is 2. The summed E-state index contributed by atoms with van der Waals surface area (Å²) in [6, 6.07) is 12.2. The second-order valence-electron chi connectivity index (χ2n) is 17.3. The number of nitrogens with zero attached hydrogens (tertiary/aromatic N) is 3. The summed E-state index contributed by atoms with van der Waals surface area (Å²) in [7, 11) is -3.97. The number of likely N-dealkylation sites (tertiary alicyclic amines) is 2. The lowest BCUT2D eigenvalue weighted by molar-refractivity contribution is -0.186. The molecule has 3 heterocycles. The zero-order chi connectivity index (χ0) is 41.9. The van der Waals surface area contributed by atoms with Gasteiger partial charge in [-0.15, -0.1) is 6.58 Å². The number of hydrogen-bond donors (Lipinski definition) is 3. The second-order valence-corrected chi connectivity index (χ2v) is 19.2. The molecule has 2 unspecified atom stereocenters. The molecule has 4 fully saturated rings. The van der Waals surface area contributed by atoms with E-state index in [9.17, 15) is 45.6 Å². The Hall–Kier alpha value is -4.93. The summed E-state index contributed by atoms with van der Waals surface area (Å²) in [5.74, 6) is -5.85. The molecule has 5 amide bonds. The molecule has 58 heavy (non-hydrogen) atoms. The van der Waals surface area contributed by atoms with Crippen molar-refractivity contribution >= 4 is 61.5 Å². The van der Waals surface area contributed by atoms with Crippen LogP contribution in [0.25, 0.3) is 21.8 Å². The molecule has 312 valence electrons. The van der Waals surface area contributed by atoms with Crippen LogP contribution in [-0.4, -0.2) is 101 Å². The van der Waals surface area contributed by atoms with Crippen molar-refractivity contribution in [2.24, 2.45) is 23.2 Å². The highest BCUT2D eigenvalue weighted by atomic mass is 32.2. The number of halogens is 3. The molecule has 17 heteroatoms. The number of amides is 5. The predicted octanol–water partition coefficient (Wildman–Crippen LogP) is 4.84. The van der Waals surface area contributed by atoms with Gasteiger partial charge in [-0.1, -0.05) is 63.2 Å². The van der Waals surface area contributed by atoms with E-state index in [2.05, 4.69) is 21.9 Å². The first-order valence-corrected chi connectivity index (χ1v) is 21.2. The molecule has 2 aliphatic carbocycles. The molecule has 2 aromatic carbocycles. The molecular weight excluding hydrogens is 778 g/mol. The molecular formula is C41H49F3N6O7S. The highest BCUT2D eigenvalue weighted by Gasteiger charge is 2.62. The molecule has 0 spiro atoms. The van der Waals surface area contributed by atoms with Gasteiger partial charge < -0.3 is 20.4 Å². The number of hydrogen-bond acceptors (Lipinski definition) is 7. The van der Waals surface area contributed by atoms with Crippen molar-refractivity contribution in [3.8, 4) is 0 Å². The third kappa shape index (κ3) is 7.93. The number of carbonyl (C=O) groups excluding carboxylic acids is 5. The van der Waals surface area contributed by atoms with Crippen LogP contribution in [0.4, 0.5) is 18.0 Å². The van der Waals surface area contributed by atoms with Crippen LogP contribution < -0.4 is 15.4 Å². The Morgan fingerprint density at radius 2 is 1.52 bits per heavy atom. The zero-order valence-electron chi connectivity index (χ0n) is 32.7. The van der Waals surface area contributed by atoms with Crippen molar-refractivity contribution in [3.63, 3.8) is 0 Å². The number of nitrogens with one attached hydrogen (secondary N) is 3. The average molecular weight is 827 g/mol. The molecule has 2 saturated heterocycles. The fourth-order valence-electron chi connectivity index (χ4n) is 8.56. The summed E-state index contributed by atoms with van der Waals surface area (Å²) >= 11 is 0. The van der Waals surface area contributed by atoms with Crippen molar-refractivity contribution in [2.75, 3.05) is 19.6 Å². The van der Waals surface area contributed by atoms with Gasteiger partial charge in [0.2, 0.25) is 27.7 Å². The number of sulfonamides is 1. The third-order valence-corrected chi connectivity index (χ3v) is 14.1. The smallest absolute Gasteiger partial charge is 0.343 e. The second kappa shape index (κ2) is 15.0. The van der Waals surface area contributed by atoms with Crippen LogP contribution in [0.3, 0.4) is 0 Å². The van der Waals surface area contributed by atoms with Crippen LogP contribution in [0, 0.1) is 23.2 Å². The van der Waals surface area contributed by atoms with Gasteiger partial charge >= 0.3 is 12.2 Å². The topological polar surface area (TPSA) is 167 Å². The third-order valence-electron chi connectivity index (χ3n) is 12.3. The van der Waals surface area contributed by atoms with Crippen LogP contribution in [0.5, 0.6) is 0 Å². The lowest BCUT2D eigenvalue weighted by atomic mass is 9.77. The molecule has 0 radical (unpaired) electrons. The number of piperidine rings is 1. The normalized spacial score (nSPS) is 24.7. The number of carbonyl (C=O) groups is 5. The highest BCUT2D eigenvalue weighted by Crippen LogP contribution is 2.46. The molecule has 2 aliphatic heterocycles. The van der Waals surface area contributed by atoms with E-state index in [1.165, 1.54) is 20.4 Å². The summed E-state index contributed by atoms with van der Waals surface area (Å²) in [5, 5.41) is 6.75. The van der Waals surface area contributed by atoms with Gasteiger partial charge in [0.15, 0.2) is 0 Å². The first-order valence-electron chi connectivity index (χ1n) is 19.7. The van der Waals surface area contributed by atoms with Crippen LogP contribution in [0.2, 0.25) is 0 Å². The fraction of sp³-hybridized carbons (Fsp3) is 0.537. The zero-order valence-corrected chi connectivity index (χ0v) is 33.5. The van der Waals surface area contributed by atoms with Gasteiger partial charge in [0, 0.05) is 42.7 Å². The minimum Gasteiger partial charge on any atom is -0.343 e. The molecule has 3 N–H and O–H groups in total. The minimum absolute atomic E-state index is 0.0763. The van der Waals surface area contributed by atoms with Crippen molar-refractivity contribution in [2.45, 2.75) is 94.8 Å². The van der Waals surface area contributed by atoms with E-state index < -0.39 is 91.9 Å². The van der Waals surface area contributed by atoms with Gasteiger partial charge in [-0.25, -0.2) is 13.2 Å². The van der Waals surface area contributed by atoms with E-state index in [4.69, 9.17) is 0 Å². The Morgan fingerprint density at radius 3 is 2.03 bits per heavy atom. The van der Waals surface area contributed by atoms with E-state index in [1.807, 2.05) is 48.5 Å². The fourth-order valence-corrected chi connectivity index (χ4v) is 9.92. The first kappa shape index (κ1) is 41.2. The summed E-state index contributed by atoms with van der Waals surface area (Å²) in [6.45, 7) is 8.66. The van der Waals surface area contributed by atoms with Crippen LogP contribution in [-0.2, 0) is 29.2 Å². The first-order chi connectivity index (χ1) is 27.2. The van der Waals surface area contributed by atoms with Gasteiger partial charge in [0.1, 0.15) is 11.6 Å². The van der Waals surface area contributed by atoms with Gasteiger partial charge in [-0.05, 0) is 56.1 Å². The van der Waals surface area contributed by atoms with Gasteiger partial charge in [-0.2, -0.15) is 13.2 Å². The van der Waals surface area contributed by atoms with E-state index in [1.54, 1.807) is 20.8 Å². The molecule has 1 aromatic heterocycles. The minimum atomic E-state index is -4.37. The molecule has 13 nitrogen and oxygen atoms in total.